The average molecular weight is 495 g/mol. The number of nitrogens with one attached hydrogen (secondary N) is 1. The summed E-state index contributed by atoms with van der Waals surface area (Å²) in [6, 6.07) is 10.8. The zero-order valence-electron chi connectivity index (χ0n) is 18.2. The van der Waals surface area contributed by atoms with Gasteiger partial charge in [-0.05, 0) is 55.2 Å². The van der Waals surface area contributed by atoms with Crippen molar-refractivity contribution in [1.29, 1.82) is 0 Å². The summed E-state index contributed by atoms with van der Waals surface area (Å²) in [4.78, 5) is 32.2. The van der Waals surface area contributed by atoms with Crippen molar-refractivity contribution >= 4 is 30.8 Å². The summed E-state index contributed by atoms with van der Waals surface area (Å²) < 4.78 is 31.1. The van der Waals surface area contributed by atoms with Crippen molar-refractivity contribution in [3.05, 3.63) is 70.6 Å². The predicted molar refractivity (Wildman–Crippen MR) is 125 cm³/mol. The number of nitrogens with zero attached hydrogens (tertiary/aromatic N) is 1. The van der Waals surface area contributed by atoms with Crippen LogP contribution < -0.4 is 5.32 Å². The Kier molecular flexibility index (Phi) is 7.75. The number of amides is 1. The topological polar surface area (TPSA) is 113 Å². The lowest BCUT2D eigenvalue weighted by molar-refractivity contribution is -0.116. The van der Waals surface area contributed by atoms with Gasteiger partial charge in [0.1, 0.15) is 5.82 Å². The summed E-state index contributed by atoms with van der Waals surface area (Å²) in [5.74, 6) is -0.466. The first-order valence-corrected chi connectivity index (χ1v) is 12.4. The summed E-state index contributed by atoms with van der Waals surface area (Å²) >= 11 is 5.72. The van der Waals surface area contributed by atoms with E-state index in [0.29, 0.717) is 34.6 Å². The Balaban J connectivity index is 1.66. The van der Waals surface area contributed by atoms with Crippen LogP contribution in [0.25, 0.3) is 11.3 Å². The van der Waals surface area contributed by atoms with Gasteiger partial charge in [-0.25, -0.2) is 4.39 Å². The molecule has 1 aromatic heterocycles. The number of rotatable bonds is 9. The Morgan fingerprint density at radius 3 is 2.42 bits per heavy atom. The van der Waals surface area contributed by atoms with Gasteiger partial charge in [0.05, 0.1) is 16.4 Å². The van der Waals surface area contributed by atoms with E-state index in [1.165, 1.54) is 18.3 Å². The molecule has 7 nitrogen and oxygen atoms in total. The van der Waals surface area contributed by atoms with E-state index in [9.17, 15) is 23.5 Å². The SMILES string of the molecule is CCC(CC)(c1ccc(NC(=O)CCc2cnoc2-c2ccc(Cl)c(F)c2)cc1)P(=O)(O)O. The molecule has 0 radical (unpaired) electrons. The largest absolute Gasteiger partial charge is 0.356 e. The van der Waals surface area contributed by atoms with Gasteiger partial charge in [-0.3, -0.25) is 9.36 Å². The highest BCUT2D eigenvalue weighted by molar-refractivity contribution is 7.53. The van der Waals surface area contributed by atoms with Gasteiger partial charge in [0.2, 0.25) is 5.91 Å². The Hall–Kier alpha value is -2.51. The second-order valence-electron chi connectivity index (χ2n) is 7.72. The molecule has 0 bridgehead atoms. The van der Waals surface area contributed by atoms with E-state index < -0.39 is 18.6 Å². The second kappa shape index (κ2) is 10.2. The highest BCUT2D eigenvalue weighted by atomic mass is 35.5. The Bertz CT molecular complexity index is 1170. The van der Waals surface area contributed by atoms with Crippen LogP contribution in [0.5, 0.6) is 0 Å². The molecule has 3 rings (SSSR count). The molecule has 1 amide bonds. The minimum Gasteiger partial charge on any atom is -0.356 e. The normalized spacial score (nSPS) is 12.1. The standard InChI is InChI=1S/C23H25ClFN2O5P/c1-3-23(4-2,33(29,30)31)17-7-9-18(10-8-17)27-21(28)12-6-16-14-26-32-22(16)15-5-11-19(24)20(25)13-15/h5,7-11,13-14H,3-4,6,12H2,1-2H3,(H,27,28)(H2,29,30,31). The van der Waals surface area contributed by atoms with Gasteiger partial charge >= 0.3 is 7.60 Å². The van der Waals surface area contributed by atoms with Gasteiger partial charge in [0.25, 0.3) is 0 Å². The van der Waals surface area contributed by atoms with Crippen molar-refractivity contribution in [2.75, 3.05) is 5.32 Å². The molecule has 0 atom stereocenters. The molecule has 0 aliphatic carbocycles. The van der Waals surface area contributed by atoms with Crippen molar-refractivity contribution in [3.8, 4) is 11.3 Å². The van der Waals surface area contributed by atoms with Crippen LogP contribution >= 0.6 is 19.2 Å². The number of carbonyl (C=O) groups excluding carboxylic acids is 1. The Morgan fingerprint density at radius 1 is 1.18 bits per heavy atom. The van der Waals surface area contributed by atoms with E-state index in [-0.39, 0.29) is 30.2 Å². The molecule has 10 heteroatoms. The van der Waals surface area contributed by atoms with E-state index in [1.807, 2.05) is 0 Å². The Morgan fingerprint density at radius 2 is 1.85 bits per heavy atom. The summed E-state index contributed by atoms with van der Waals surface area (Å²) in [6.45, 7) is 3.49. The third kappa shape index (κ3) is 5.36. The molecule has 0 spiro atoms. The van der Waals surface area contributed by atoms with Crippen LogP contribution in [-0.4, -0.2) is 20.9 Å². The molecule has 0 unspecified atom stereocenters. The van der Waals surface area contributed by atoms with Crippen LogP contribution in [0.4, 0.5) is 10.1 Å². The fourth-order valence-corrected chi connectivity index (χ4v) is 5.31. The number of hydrogen-bond donors (Lipinski definition) is 3. The average Bonchev–Trinajstić information content (AvgIpc) is 3.24. The molecular weight excluding hydrogens is 470 g/mol. The van der Waals surface area contributed by atoms with Crippen molar-refractivity contribution in [1.82, 2.24) is 5.16 Å². The van der Waals surface area contributed by atoms with Crippen molar-refractivity contribution in [3.63, 3.8) is 0 Å². The van der Waals surface area contributed by atoms with E-state index in [4.69, 9.17) is 16.1 Å². The number of carbonyl (C=O) groups is 1. The second-order valence-corrected chi connectivity index (χ2v) is 10.1. The zero-order chi connectivity index (χ0) is 24.2. The van der Waals surface area contributed by atoms with Gasteiger partial charge < -0.3 is 19.6 Å². The first-order valence-electron chi connectivity index (χ1n) is 10.5. The van der Waals surface area contributed by atoms with Gasteiger partial charge in [-0.1, -0.05) is 42.7 Å². The number of anilines is 1. The third-order valence-corrected chi connectivity index (χ3v) is 8.19. The molecule has 176 valence electrons. The molecule has 0 fully saturated rings. The number of benzene rings is 2. The maximum atomic E-state index is 13.8. The van der Waals surface area contributed by atoms with E-state index in [1.54, 1.807) is 44.2 Å². The van der Waals surface area contributed by atoms with Gasteiger partial charge in [-0.15, -0.1) is 0 Å². The monoisotopic (exact) mass is 494 g/mol. The quantitative estimate of drug-likeness (QED) is 0.319. The molecule has 33 heavy (non-hydrogen) atoms. The van der Waals surface area contributed by atoms with Crippen molar-refractivity contribution in [2.24, 2.45) is 0 Å². The summed E-state index contributed by atoms with van der Waals surface area (Å²) in [5.41, 5.74) is 2.17. The van der Waals surface area contributed by atoms with E-state index in [0.717, 1.165) is 0 Å². The number of halogens is 2. The molecule has 0 saturated heterocycles. The van der Waals surface area contributed by atoms with Gasteiger partial charge in [0.15, 0.2) is 5.76 Å². The zero-order valence-corrected chi connectivity index (χ0v) is 19.9. The highest BCUT2D eigenvalue weighted by Gasteiger charge is 2.45. The molecule has 0 aliphatic heterocycles. The fourth-order valence-electron chi connectivity index (χ4n) is 3.89. The van der Waals surface area contributed by atoms with Crippen LogP contribution in [0.15, 0.2) is 53.2 Å². The Labute approximate surface area is 196 Å². The lowest BCUT2D eigenvalue weighted by Crippen LogP contribution is -2.24. The molecule has 2 aromatic carbocycles. The predicted octanol–water partition coefficient (Wildman–Crippen LogP) is 5.90. The summed E-state index contributed by atoms with van der Waals surface area (Å²) in [5, 5.41) is 5.28. The molecule has 3 aromatic rings. The molecule has 1 heterocycles. The summed E-state index contributed by atoms with van der Waals surface area (Å²) in [7, 11) is -4.38. The first kappa shape index (κ1) is 25.1. The molecule has 0 aliphatic rings. The van der Waals surface area contributed by atoms with Crippen LogP contribution in [0.3, 0.4) is 0 Å². The lowest BCUT2D eigenvalue weighted by atomic mass is 9.92. The van der Waals surface area contributed by atoms with Crippen molar-refractivity contribution < 1.29 is 28.1 Å². The number of aryl methyl sites for hydroxylation is 1. The van der Waals surface area contributed by atoms with Gasteiger partial charge in [0, 0.05) is 23.2 Å². The first-order chi connectivity index (χ1) is 15.6. The van der Waals surface area contributed by atoms with Crippen molar-refractivity contribution in [2.45, 2.75) is 44.7 Å². The van der Waals surface area contributed by atoms with Gasteiger partial charge in [-0.2, -0.15) is 0 Å². The van der Waals surface area contributed by atoms with Crippen LogP contribution in [0, 0.1) is 5.82 Å². The minimum atomic E-state index is -4.38. The third-order valence-electron chi connectivity index (χ3n) is 5.88. The summed E-state index contributed by atoms with van der Waals surface area (Å²) in [6.07, 6.45) is 2.51. The molecular formula is C23H25ClFN2O5P. The molecule has 0 saturated carbocycles. The highest BCUT2D eigenvalue weighted by Crippen LogP contribution is 2.60. The van der Waals surface area contributed by atoms with Crippen LogP contribution in [0.2, 0.25) is 5.02 Å². The maximum absolute atomic E-state index is 13.8. The van der Waals surface area contributed by atoms with E-state index >= 15 is 0 Å². The fraction of sp³-hybridized carbons (Fsp3) is 0.304. The lowest BCUT2D eigenvalue weighted by Gasteiger charge is -2.33. The smallest absolute Gasteiger partial charge is 0.335 e. The molecule has 3 N–H and O–H groups in total. The maximum Gasteiger partial charge on any atom is 0.335 e. The van der Waals surface area contributed by atoms with E-state index in [2.05, 4.69) is 10.5 Å². The number of hydrogen-bond acceptors (Lipinski definition) is 4. The van der Waals surface area contributed by atoms with Crippen LogP contribution in [0.1, 0.15) is 44.2 Å². The number of aromatic nitrogens is 1. The van der Waals surface area contributed by atoms with Crippen LogP contribution in [-0.2, 0) is 20.9 Å². The minimum absolute atomic E-state index is 0.00104.